The molecule has 0 aliphatic rings. The zero-order valence-electron chi connectivity index (χ0n) is 61.9. The van der Waals surface area contributed by atoms with Crippen molar-refractivity contribution in [3.63, 3.8) is 0 Å². The molecule has 10 rings (SSSR count). The summed E-state index contributed by atoms with van der Waals surface area (Å²) in [6.07, 6.45) is 0. The topological polar surface area (TPSA) is 16.4 Å². The minimum atomic E-state index is -1.41. The number of hydrogen-bond donors (Lipinski definition) is 0. The van der Waals surface area contributed by atoms with Crippen molar-refractivity contribution >= 4 is 49.8 Å². The lowest BCUT2D eigenvalue weighted by atomic mass is 9.98. The average Bonchev–Trinajstić information content (AvgIpc) is 1.70. The number of para-hydroxylation sites is 2. The number of anilines is 3. The van der Waals surface area contributed by atoms with Crippen molar-refractivity contribution in [1.82, 2.24) is 0 Å². The van der Waals surface area contributed by atoms with Crippen LogP contribution in [0.15, 0.2) is 216 Å². The highest BCUT2D eigenvalue weighted by atomic mass is 16.3. The van der Waals surface area contributed by atoms with Crippen LogP contribution in [0.3, 0.4) is 0 Å². The fourth-order valence-corrected chi connectivity index (χ4v) is 5.50. The van der Waals surface area contributed by atoms with Crippen LogP contribution < -0.4 is 4.90 Å². The van der Waals surface area contributed by atoms with Gasteiger partial charge < -0.3 is 9.32 Å². The van der Waals surface area contributed by atoms with Crippen LogP contribution >= 0.6 is 0 Å². The van der Waals surface area contributed by atoms with Gasteiger partial charge in [0.25, 0.3) is 0 Å². The Kier molecular flexibility index (Phi) is 2.97. The van der Waals surface area contributed by atoms with Crippen LogP contribution in [0.25, 0.3) is 77.2 Å². The number of hydrogen-bond acceptors (Lipinski definition) is 2. The minimum Gasteiger partial charge on any atom is -0.455 e. The predicted molar refractivity (Wildman–Crippen MR) is 228 cm³/mol. The van der Waals surface area contributed by atoms with Gasteiger partial charge in [0.15, 0.2) is 0 Å². The third kappa shape index (κ3) is 5.62. The predicted octanol–water partition coefficient (Wildman–Crippen LogP) is 14.9. The molecule has 0 spiro atoms. The summed E-state index contributed by atoms with van der Waals surface area (Å²) in [4.78, 5) is 0.247. The molecule has 0 aliphatic carbocycles. The van der Waals surface area contributed by atoms with Gasteiger partial charge in [0, 0.05) is 38.7 Å². The highest BCUT2D eigenvalue weighted by molar-refractivity contribution is 6.17. The quantitative estimate of drug-likeness (QED) is 0.163. The SMILES string of the molecule is [2H]c1c([2H])c([2H])c(-c2c([2H])c([2H])c(-c3c([2H])c([2H])c(N(c4c([2H])c([2H])c(-c5c([2H])c([2H])c([2H])c([2H])c5[2H])c([2H])c4[2H])c4c([2H])c([2H])c([2H])c([2H])c4-c4c([2H])c([2H])c([2H])c5c4oc4c6c([2H])c([2H])c([2H])c([2H])c6c([2H])c([2H])c45)c([2H])c3[2H])c([2H])c2[2H])c([2H])c1[2H]. The van der Waals surface area contributed by atoms with Crippen LogP contribution in [0, 0.1) is 0 Å². The van der Waals surface area contributed by atoms with E-state index in [4.69, 9.17) is 35.9 Å². The van der Waals surface area contributed by atoms with Gasteiger partial charge in [0.1, 0.15) is 11.2 Å². The Morgan fingerprint density at radius 3 is 1.37 bits per heavy atom. The maximum Gasteiger partial charge on any atom is 0.143 e. The van der Waals surface area contributed by atoms with Crippen LogP contribution in [0.5, 0.6) is 0 Å². The Labute approximate surface area is 364 Å². The summed E-state index contributed by atoms with van der Waals surface area (Å²) in [5, 5.41) is -2.41. The maximum atomic E-state index is 9.76. The van der Waals surface area contributed by atoms with Gasteiger partial charge in [-0.05, 0) is 75.0 Å². The van der Waals surface area contributed by atoms with Crippen LogP contribution in [0.4, 0.5) is 17.1 Å². The van der Waals surface area contributed by atoms with Crippen molar-refractivity contribution < 1.29 is 52.4 Å². The van der Waals surface area contributed by atoms with E-state index in [-0.39, 0.29) is 4.90 Å². The fourth-order valence-electron chi connectivity index (χ4n) is 5.50. The first kappa shape index (κ1) is 11.9. The standard InChI is InChI=1S/C52H35NO/c1-3-12-36(13-4-1)38-22-24-39(25-23-38)41-28-33-44(34-29-41)53(43-31-26-40(27-32-43)37-14-5-2-6-15-37)50-21-10-9-18-46(50)47-19-11-20-48-49-35-30-42-16-7-8-17-45(42)51(49)54-52(47)48/h1-35H/i1D,2D,3D,4D,5D,6D,7D,8D,9D,10D,11D,12D,13D,14D,15D,16D,17D,18D,19D,20D,21D,22D,23D,24D,25D,26D,27D,28D,29D,30D,31D,32D,33D,34D,35D. The molecule has 54 heavy (non-hydrogen) atoms. The Morgan fingerprint density at radius 2 is 0.759 bits per heavy atom. The summed E-state index contributed by atoms with van der Waals surface area (Å²) in [5.74, 6) is 0. The van der Waals surface area contributed by atoms with E-state index >= 15 is 0 Å². The molecule has 0 bridgehead atoms. The van der Waals surface area contributed by atoms with E-state index in [1.807, 2.05) is 0 Å². The molecule has 10 aromatic rings. The monoisotopic (exact) mass is 724 g/mol. The fraction of sp³-hybridized carbons (Fsp3) is 0. The molecule has 1 aromatic heterocycles. The number of fused-ring (bicyclic) bond motifs is 5. The van der Waals surface area contributed by atoms with Crippen LogP contribution in [0.2, 0.25) is 0 Å². The maximum absolute atomic E-state index is 9.76. The van der Waals surface area contributed by atoms with Crippen molar-refractivity contribution in [2.45, 2.75) is 0 Å². The van der Waals surface area contributed by atoms with Gasteiger partial charge in [-0.3, -0.25) is 0 Å². The lowest BCUT2D eigenvalue weighted by Crippen LogP contribution is -2.11. The summed E-state index contributed by atoms with van der Waals surface area (Å²) in [5.41, 5.74) is -13.1. The van der Waals surface area contributed by atoms with Gasteiger partial charge in [-0.1, -0.05) is 175 Å². The number of nitrogens with zero attached hydrogens (tertiary/aromatic N) is 1. The van der Waals surface area contributed by atoms with E-state index in [1.54, 1.807) is 0 Å². The molecule has 0 fully saturated rings. The minimum absolute atomic E-state index is 0.247. The van der Waals surface area contributed by atoms with Crippen LogP contribution in [-0.2, 0) is 0 Å². The van der Waals surface area contributed by atoms with Gasteiger partial charge in [0.2, 0.25) is 0 Å². The summed E-state index contributed by atoms with van der Waals surface area (Å²) in [6.45, 7) is 0. The van der Waals surface area contributed by atoms with Crippen molar-refractivity contribution in [2.24, 2.45) is 0 Å². The summed E-state index contributed by atoms with van der Waals surface area (Å²) < 4.78 is 321. The zero-order chi connectivity index (χ0) is 66.3. The third-order valence-corrected chi connectivity index (χ3v) is 7.92. The van der Waals surface area contributed by atoms with Gasteiger partial charge in [-0.15, -0.1) is 0 Å². The third-order valence-electron chi connectivity index (χ3n) is 7.92. The van der Waals surface area contributed by atoms with Crippen molar-refractivity contribution in [2.75, 3.05) is 4.90 Å². The van der Waals surface area contributed by atoms with E-state index in [2.05, 4.69) is 0 Å². The summed E-state index contributed by atoms with van der Waals surface area (Å²) >= 11 is 0. The molecule has 0 N–H and O–H groups in total. The second kappa shape index (κ2) is 13.4. The van der Waals surface area contributed by atoms with Gasteiger partial charge >= 0.3 is 0 Å². The lowest BCUT2D eigenvalue weighted by Gasteiger charge is -2.28. The van der Waals surface area contributed by atoms with Crippen molar-refractivity contribution in [3.05, 3.63) is 211 Å². The first-order valence-corrected chi connectivity index (χ1v) is 15.6. The molecule has 2 nitrogen and oxygen atoms in total. The Hall–Kier alpha value is -7.16. The molecule has 0 aliphatic heterocycles. The molecular formula is C52H35NO. The summed E-state index contributed by atoms with van der Waals surface area (Å²) in [7, 11) is 0. The second-order valence-corrected chi connectivity index (χ2v) is 11.0. The Balaban J connectivity index is 1.41. The number of furan rings is 1. The first-order valence-electron chi connectivity index (χ1n) is 33.1. The normalized spacial score (nSPS) is 20.4. The van der Waals surface area contributed by atoms with E-state index in [0.717, 1.165) is 0 Å². The van der Waals surface area contributed by atoms with E-state index in [1.165, 1.54) is 0 Å². The van der Waals surface area contributed by atoms with Crippen LogP contribution in [0.1, 0.15) is 48.0 Å². The van der Waals surface area contributed by atoms with Gasteiger partial charge in [-0.25, -0.2) is 0 Å². The molecular weight excluding hydrogens is 655 g/mol. The number of rotatable bonds is 7. The van der Waals surface area contributed by atoms with Crippen molar-refractivity contribution in [3.8, 4) is 44.5 Å². The van der Waals surface area contributed by atoms with E-state index in [0.29, 0.717) is 0 Å². The molecule has 0 atom stereocenters. The second-order valence-electron chi connectivity index (χ2n) is 11.0. The molecule has 0 radical (unpaired) electrons. The molecule has 254 valence electrons. The molecule has 0 saturated carbocycles. The average molecular weight is 725 g/mol. The lowest BCUT2D eigenvalue weighted by molar-refractivity contribution is 0.674. The zero-order valence-corrected chi connectivity index (χ0v) is 26.9. The van der Waals surface area contributed by atoms with E-state index in [9.17, 15) is 16.4 Å². The largest absolute Gasteiger partial charge is 0.455 e. The molecule has 0 unspecified atom stereocenters. The Bertz CT molecular complexity index is 4830. The van der Waals surface area contributed by atoms with E-state index < -0.39 is 306 Å². The smallest absolute Gasteiger partial charge is 0.143 e. The molecule has 0 saturated heterocycles. The number of benzene rings is 9. The molecule has 0 amide bonds. The van der Waals surface area contributed by atoms with Gasteiger partial charge in [-0.2, -0.15) is 0 Å². The molecule has 1 heterocycles. The molecule has 2 heteroatoms. The first-order chi connectivity index (χ1) is 41.4. The molecule has 9 aromatic carbocycles. The highest BCUT2D eigenvalue weighted by Gasteiger charge is 2.21. The Morgan fingerprint density at radius 1 is 0.315 bits per heavy atom. The van der Waals surface area contributed by atoms with Crippen LogP contribution in [-0.4, -0.2) is 0 Å². The van der Waals surface area contributed by atoms with Crippen molar-refractivity contribution in [1.29, 1.82) is 0 Å². The highest BCUT2D eigenvalue weighted by Crippen LogP contribution is 2.45. The summed E-state index contributed by atoms with van der Waals surface area (Å²) in [6, 6.07) is -38.4. The van der Waals surface area contributed by atoms with Gasteiger partial charge in [0.05, 0.1) is 53.7 Å².